The standard InChI is InChI=1S/C16H12O4/c1-9-6-10-8-19-20-16(18)13-5-3-2-4-11(13)15(17)12(7-9)14(10)16/h2-7,18H,8H2,1H3. The Kier molecular flexibility index (Phi) is 2.22. The van der Waals surface area contributed by atoms with Gasteiger partial charge in [0.05, 0.1) is 0 Å². The number of benzene rings is 2. The van der Waals surface area contributed by atoms with Gasteiger partial charge in [-0.05, 0) is 18.6 Å². The van der Waals surface area contributed by atoms with E-state index >= 15 is 0 Å². The molecule has 1 N–H and O–H groups in total. The lowest BCUT2D eigenvalue weighted by Gasteiger charge is -2.38. The van der Waals surface area contributed by atoms with Crippen LogP contribution in [0.1, 0.15) is 38.2 Å². The molecule has 0 spiro atoms. The summed E-state index contributed by atoms with van der Waals surface area (Å²) in [7, 11) is 0. The molecule has 1 unspecified atom stereocenters. The molecule has 4 rings (SSSR count). The van der Waals surface area contributed by atoms with Gasteiger partial charge in [0, 0.05) is 22.3 Å². The molecule has 4 nitrogen and oxygen atoms in total. The smallest absolute Gasteiger partial charge is 0.253 e. The summed E-state index contributed by atoms with van der Waals surface area (Å²) in [5, 5.41) is 10.9. The van der Waals surface area contributed by atoms with E-state index in [0.29, 0.717) is 22.3 Å². The molecule has 0 bridgehead atoms. The lowest BCUT2D eigenvalue weighted by Crippen LogP contribution is -2.41. The molecule has 1 aliphatic carbocycles. The van der Waals surface area contributed by atoms with Crippen LogP contribution in [-0.4, -0.2) is 10.9 Å². The fourth-order valence-electron chi connectivity index (χ4n) is 3.08. The first-order valence-corrected chi connectivity index (χ1v) is 6.42. The van der Waals surface area contributed by atoms with Crippen molar-refractivity contribution in [3.8, 4) is 0 Å². The van der Waals surface area contributed by atoms with E-state index in [4.69, 9.17) is 9.78 Å². The maximum Gasteiger partial charge on any atom is 0.253 e. The average molecular weight is 268 g/mol. The lowest BCUT2D eigenvalue weighted by molar-refractivity contribution is -0.429. The fourth-order valence-corrected chi connectivity index (χ4v) is 3.08. The zero-order valence-electron chi connectivity index (χ0n) is 10.8. The highest BCUT2D eigenvalue weighted by Crippen LogP contribution is 2.45. The Morgan fingerprint density at radius 2 is 2.00 bits per heavy atom. The molecule has 4 heteroatoms. The number of aliphatic hydroxyl groups is 1. The van der Waals surface area contributed by atoms with Crippen molar-refractivity contribution in [1.29, 1.82) is 0 Å². The van der Waals surface area contributed by atoms with Crippen LogP contribution < -0.4 is 0 Å². The van der Waals surface area contributed by atoms with Gasteiger partial charge in [0.15, 0.2) is 5.78 Å². The van der Waals surface area contributed by atoms with Crippen LogP contribution in [0.15, 0.2) is 36.4 Å². The van der Waals surface area contributed by atoms with Crippen molar-refractivity contribution in [3.05, 3.63) is 69.8 Å². The molecule has 0 amide bonds. The van der Waals surface area contributed by atoms with Crippen LogP contribution in [0.25, 0.3) is 0 Å². The molecule has 0 fully saturated rings. The zero-order valence-corrected chi connectivity index (χ0v) is 10.8. The Hall–Kier alpha value is -2.01. The van der Waals surface area contributed by atoms with Crippen molar-refractivity contribution >= 4 is 5.78 Å². The fraction of sp³-hybridized carbons (Fsp3) is 0.188. The van der Waals surface area contributed by atoms with Gasteiger partial charge < -0.3 is 5.11 Å². The normalized spacial score (nSPS) is 23.2. The van der Waals surface area contributed by atoms with Gasteiger partial charge in [-0.1, -0.05) is 35.9 Å². The van der Waals surface area contributed by atoms with E-state index in [2.05, 4.69) is 0 Å². The molecule has 20 heavy (non-hydrogen) atoms. The third-order valence-electron chi connectivity index (χ3n) is 3.88. The van der Waals surface area contributed by atoms with E-state index in [-0.39, 0.29) is 12.4 Å². The summed E-state index contributed by atoms with van der Waals surface area (Å²) in [6.45, 7) is 2.14. The van der Waals surface area contributed by atoms with Gasteiger partial charge in [0.25, 0.3) is 5.79 Å². The summed E-state index contributed by atoms with van der Waals surface area (Å²) in [5.74, 6) is -1.79. The topological polar surface area (TPSA) is 55.8 Å². The van der Waals surface area contributed by atoms with E-state index in [1.165, 1.54) is 0 Å². The van der Waals surface area contributed by atoms with Crippen LogP contribution in [0.5, 0.6) is 0 Å². The quantitative estimate of drug-likeness (QED) is 0.744. The number of ketones is 1. The van der Waals surface area contributed by atoms with Gasteiger partial charge >= 0.3 is 0 Å². The van der Waals surface area contributed by atoms with Gasteiger partial charge in [0.1, 0.15) is 6.61 Å². The minimum Gasteiger partial charge on any atom is -0.356 e. The van der Waals surface area contributed by atoms with Crippen LogP contribution in [0, 0.1) is 6.92 Å². The highest BCUT2D eigenvalue weighted by molar-refractivity contribution is 6.13. The van der Waals surface area contributed by atoms with Crippen LogP contribution >= 0.6 is 0 Å². The Labute approximate surface area is 115 Å². The molecule has 0 saturated carbocycles. The number of carbonyl (C=O) groups excluding carboxylic acids is 1. The molecule has 100 valence electrons. The molecule has 0 saturated heterocycles. The number of hydrogen-bond acceptors (Lipinski definition) is 4. The van der Waals surface area contributed by atoms with Crippen molar-refractivity contribution in [1.82, 2.24) is 0 Å². The second kappa shape index (κ2) is 3.76. The molecule has 1 heterocycles. The van der Waals surface area contributed by atoms with Gasteiger partial charge in [-0.15, -0.1) is 0 Å². The maximum atomic E-state index is 12.6. The molecule has 1 atom stereocenters. The van der Waals surface area contributed by atoms with Gasteiger partial charge in [-0.25, -0.2) is 4.89 Å². The van der Waals surface area contributed by atoms with Crippen molar-refractivity contribution < 1.29 is 19.7 Å². The number of carbonyl (C=O) groups is 1. The summed E-state index contributed by atoms with van der Waals surface area (Å²) < 4.78 is 0. The van der Waals surface area contributed by atoms with E-state index < -0.39 is 5.79 Å². The van der Waals surface area contributed by atoms with E-state index in [9.17, 15) is 9.90 Å². The van der Waals surface area contributed by atoms with E-state index in [1.54, 1.807) is 30.3 Å². The zero-order chi connectivity index (χ0) is 13.9. The van der Waals surface area contributed by atoms with Crippen LogP contribution in [-0.2, 0) is 22.2 Å². The third-order valence-corrected chi connectivity index (χ3v) is 3.88. The highest BCUT2D eigenvalue weighted by atomic mass is 17.2. The molecule has 0 aromatic heterocycles. The minimum absolute atomic E-state index is 0.0873. The summed E-state index contributed by atoms with van der Waals surface area (Å²) in [6.07, 6.45) is 0. The van der Waals surface area contributed by atoms with E-state index in [1.807, 2.05) is 13.0 Å². The van der Waals surface area contributed by atoms with Gasteiger partial charge in [-0.3, -0.25) is 4.79 Å². The van der Waals surface area contributed by atoms with Crippen molar-refractivity contribution in [2.45, 2.75) is 19.3 Å². The lowest BCUT2D eigenvalue weighted by atomic mass is 9.77. The molecule has 2 aliphatic rings. The molecule has 2 aromatic rings. The van der Waals surface area contributed by atoms with Crippen LogP contribution in [0.4, 0.5) is 0 Å². The number of rotatable bonds is 0. The van der Waals surface area contributed by atoms with Crippen molar-refractivity contribution in [2.24, 2.45) is 0 Å². The second-order valence-electron chi connectivity index (χ2n) is 5.21. The maximum absolute atomic E-state index is 12.6. The molecular weight excluding hydrogens is 256 g/mol. The number of fused-ring (bicyclic) bond motifs is 2. The minimum atomic E-state index is -1.71. The molecule has 2 aromatic carbocycles. The summed E-state index contributed by atoms with van der Waals surface area (Å²) in [6, 6.07) is 10.6. The first-order valence-electron chi connectivity index (χ1n) is 6.42. The number of aryl methyl sites for hydroxylation is 1. The molecular formula is C16H12O4. The van der Waals surface area contributed by atoms with Crippen molar-refractivity contribution in [3.63, 3.8) is 0 Å². The van der Waals surface area contributed by atoms with Crippen LogP contribution in [0.2, 0.25) is 0 Å². The first kappa shape index (κ1) is 11.8. The van der Waals surface area contributed by atoms with E-state index in [0.717, 1.165) is 11.1 Å². The summed E-state index contributed by atoms with van der Waals surface area (Å²) in [4.78, 5) is 22.9. The monoisotopic (exact) mass is 268 g/mol. The van der Waals surface area contributed by atoms with Gasteiger partial charge in [0.2, 0.25) is 0 Å². The molecule has 0 radical (unpaired) electrons. The van der Waals surface area contributed by atoms with Crippen LogP contribution in [0.3, 0.4) is 0 Å². The Morgan fingerprint density at radius 3 is 2.85 bits per heavy atom. The largest absolute Gasteiger partial charge is 0.356 e. The Balaban J connectivity index is 2.13. The number of hydrogen-bond donors (Lipinski definition) is 1. The Morgan fingerprint density at radius 1 is 1.20 bits per heavy atom. The first-order chi connectivity index (χ1) is 9.61. The SMILES string of the molecule is Cc1cc2c3c(c1)C(=O)c1ccccc1C3(O)OOC2. The van der Waals surface area contributed by atoms with Gasteiger partial charge in [-0.2, -0.15) is 4.89 Å². The Bertz CT molecular complexity index is 750. The summed E-state index contributed by atoms with van der Waals surface area (Å²) >= 11 is 0. The third kappa shape index (κ3) is 1.33. The summed E-state index contributed by atoms with van der Waals surface area (Å²) in [5.41, 5.74) is 3.63. The van der Waals surface area contributed by atoms with Crippen molar-refractivity contribution in [2.75, 3.05) is 0 Å². The molecule has 1 aliphatic heterocycles. The average Bonchev–Trinajstić information content (AvgIpc) is 2.44. The highest BCUT2D eigenvalue weighted by Gasteiger charge is 2.48. The second-order valence-corrected chi connectivity index (χ2v) is 5.21. The predicted molar refractivity (Wildman–Crippen MR) is 69.9 cm³/mol. The predicted octanol–water partition coefficient (Wildman–Crippen LogP) is 2.19.